The van der Waals surface area contributed by atoms with Crippen LogP contribution in [0.3, 0.4) is 0 Å². The molecule has 0 amide bonds. The minimum atomic E-state index is -0.624. The third-order valence-electron chi connectivity index (χ3n) is 2.47. The number of nitrogens with zero attached hydrogens (tertiary/aromatic N) is 1. The van der Waals surface area contributed by atoms with Gasteiger partial charge < -0.3 is 19.7 Å². The Hall–Kier alpha value is -2.17. The lowest BCUT2D eigenvalue weighted by molar-refractivity contribution is -0.0431. The summed E-state index contributed by atoms with van der Waals surface area (Å²) in [5.74, 6) is 1.77. The van der Waals surface area contributed by atoms with Gasteiger partial charge in [-0.3, -0.25) is 0 Å². The topological polar surface area (TPSA) is 70.5 Å². The van der Waals surface area contributed by atoms with Gasteiger partial charge in [0, 0.05) is 25.5 Å². The van der Waals surface area contributed by atoms with Gasteiger partial charge in [-0.15, -0.1) is 0 Å². The van der Waals surface area contributed by atoms with Gasteiger partial charge in [0.05, 0.1) is 0 Å². The Balaban J connectivity index is 2.01. The molecule has 5 heteroatoms. The molecule has 0 saturated heterocycles. The molecule has 0 aliphatic carbocycles. The molecule has 0 spiro atoms. The van der Waals surface area contributed by atoms with E-state index in [-0.39, 0.29) is 0 Å². The van der Waals surface area contributed by atoms with E-state index in [9.17, 15) is 0 Å². The zero-order chi connectivity index (χ0) is 12.0. The SMILES string of the molecule is CC1(C)Oc2ccc(-c3cc(N)no3)cc2O1. The Kier molecular flexibility index (Phi) is 1.86. The molecule has 1 aromatic carbocycles. The van der Waals surface area contributed by atoms with Crippen LogP contribution in [0.4, 0.5) is 5.82 Å². The molecular formula is C12H12N2O3. The van der Waals surface area contributed by atoms with Crippen molar-refractivity contribution in [2.24, 2.45) is 0 Å². The highest BCUT2D eigenvalue weighted by Gasteiger charge is 2.31. The van der Waals surface area contributed by atoms with Gasteiger partial charge in [-0.2, -0.15) is 0 Å². The predicted octanol–water partition coefficient (Wildman–Crippen LogP) is 2.43. The Morgan fingerprint density at radius 3 is 2.59 bits per heavy atom. The molecule has 88 valence electrons. The number of fused-ring (bicyclic) bond motifs is 1. The first-order valence-corrected chi connectivity index (χ1v) is 5.28. The molecule has 1 aliphatic heterocycles. The molecule has 0 radical (unpaired) electrons. The Labute approximate surface area is 98.1 Å². The number of aromatic nitrogens is 1. The lowest BCUT2D eigenvalue weighted by Gasteiger charge is -2.16. The van der Waals surface area contributed by atoms with Gasteiger partial charge in [0.1, 0.15) is 0 Å². The Morgan fingerprint density at radius 2 is 1.88 bits per heavy atom. The van der Waals surface area contributed by atoms with Crippen molar-refractivity contribution in [1.82, 2.24) is 5.16 Å². The van der Waals surface area contributed by atoms with E-state index in [1.54, 1.807) is 6.07 Å². The summed E-state index contributed by atoms with van der Waals surface area (Å²) in [4.78, 5) is 0. The van der Waals surface area contributed by atoms with Gasteiger partial charge in [-0.1, -0.05) is 5.16 Å². The summed E-state index contributed by atoms with van der Waals surface area (Å²) in [6.07, 6.45) is 0. The van der Waals surface area contributed by atoms with Crippen LogP contribution in [0, 0.1) is 0 Å². The smallest absolute Gasteiger partial charge is 0.246 e. The van der Waals surface area contributed by atoms with Crippen molar-refractivity contribution < 1.29 is 14.0 Å². The van der Waals surface area contributed by atoms with Crippen molar-refractivity contribution in [3.63, 3.8) is 0 Å². The van der Waals surface area contributed by atoms with Gasteiger partial charge in [0.2, 0.25) is 5.79 Å². The van der Waals surface area contributed by atoms with Gasteiger partial charge in [0.15, 0.2) is 23.1 Å². The monoisotopic (exact) mass is 232 g/mol. The lowest BCUT2D eigenvalue weighted by atomic mass is 10.1. The summed E-state index contributed by atoms with van der Waals surface area (Å²) in [7, 11) is 0. The van der Waals surface area contributed by atoms with Crippen LogP contribution in [0.15, 0.2) is 28.8 Å². The lowest BCUT2D eigenvalue weighted by Crippen LogP contribution is -2.29. The summed E-state index contributed by atoms with van der Waals surface area (Å²) in [6, 6.07) is 7.24. The quantitative estimate of drug-likeness (QED) is 0.817. The second kappa shape index (κ2) is 3.16. The molecule has 0 bridgehead atoms. The molecule has 2 heterocycles. The van der Waals surface area contributed by atoms with Crippen LogP contribution in [0.2, 0.25) is 0 Å². The number of nitrogens with two attached hydrogens (primary N) is 1. The third-order valence-corrected chi connectivity index (χ3v) is 2.47. The Morgan fingerprint density at radius 1 is 1.12 bits per heavy atom. The van der Waals surface area contributed by atoms with E-state index in [1.807, 2.05) is 32.0 Å². The second-order valence-corrected chi connectivity index (χ2v) is 4.38. The molecule has 0 fully saturated rings. The van der Waals surface area contributed by atoms with Crippen molar-refractivity contribution in [3.05, 3.63) is 24.3 Å². The number of rotatable bonds is 1. The highest BCUT2D eigenvalue weighted by molar-refractivity contribution is 5.64. The molecule has 2 aromatic rings. The average Bonchev–Trinajstić information content (AvgIpc) is 2.78. The van der Waals surface area contributed by atoms with Crippen LogP contribution in [-0.4, -0.2) is 10.9 Å². The van der Waals surface area contributed by atoms with E-state index in [0.717, 1.165) is 11.3 Å². The van der Waals surface area contributed by atoms with E-state index < -0.39 is 5.79 Å². The number of ether oxygens (including phenoxy) is 2. The fourth-order valence-corrected chi connectivity index (χ4v) is 1.80. The van der Waals surface area contributed by atoms with E-state index in [4.69, 9.17) is 19.7 Å². The fourth-order valence-electron chi connectivity index (χ4n) is 1.80. The molecule has 5 nitrogen and oxygen atoms in total. The van der Waals surface area contributed by atoms with Crippen LogP contribution in [0.25, 0.3) is 11.3 Å². The van der Waals surface area contributed by atoms with Crippen molar-refractivity contribution in [2.75, 3.05) is 5.73 Å². The van der Waals surface area contributed by atoms with Crippen LogP contribution < -0.4 is 15.2 Å². The van der Waals surface area contributed by atoms with E-state index >= 15 is 0 Å². The average molecular weight is 232 g/mol. The van der Waals surface area contributed by atoms with E-state index in [2.05, 4.69) is 5.16 Å². The highest BCUT2D eigenvalue weighted by Crippen LogP contribution is 2.41. The molecule has 17 heavy (non-hydrogen) atoms. The zero-order valence-corrected chi connectivity index (χ0v) is 9.56. The number of anilines is 1. The number of benzene rings is 1. The number of hydrogen-bond acceptors (Lipinski definition) is 5. The molecule has 0 saturated carbocycles. The minimum absolute atomic E-state index is 0.359. The van der Waals surface area contributed by atoms with Gasteiger partial charge >= 0.3 is 0 Å². The second-order valence-electron chi connectivity index (χ2n) is 4.38. The largest absolute Gasteiger partial charge is 0.449 e. The summed E-state index contributed by atoms with van der Waals surface area (Å²) in [5.41, 5.74) is 6.37. The normalized spacial score (nSPS) is 16.1. The summed E-state index contributed by atoms with van der Waals surface area (Å²) in [6.45, 7) is 3.72. The minimum Gasteiger partial charge on any atom is -0.449 e. The van der Waals surface area contributed by atoms with Gasteiger partial charge in [0.25, 0.3) is 0 Å². The van der Waals surface area contributed by atoms with Crippen molar-refractivity contribution in [3.8, 4) is 22.8 Å². The van der Waals surface area contributed by atoms with Crippen molar-refractivity contribution in [2.45, 2.75) is 19.6 Å². The Bertz CT molecular complexity index is 575. The highest BCUT2D eigenvalue weighted by atomic mass is 16.7. The van der Waals surface area contributed by atoms with Crippen molar-refractivity contribution >= 4 is 5.82 Å². The molecule has 3 rings (SSSR count). The maximum absolute atomic E-state index is 5.65. The number of hydrogen-bond donors (Lipinski definition) is 1. The summed E-state index contributed by atoms with van der Waals surface area (Å²) >= 11 is 0. The fraction of sp³-hybridized carbons (Fsp3) is 0.250. The van der Waals surface area contributed by atoms with Crippen LogP contribution in [0.5, 0.6) is 11.5 Å². The zero-order valence-electron chi connectivity index (χ0n) is 9.56. The molecular weight excluding hydrogens is 220 g/mol. The van der Waals surface area contributed by atoms with E-state index in [1.165, 1.54) is 0 Å². The van der Waals surface area contributed by atoms with Gasteiger partial charge in [-0.05, 0) is 18.2 Å². The predicted molar refractivity (Wildman–Crippen MR) is 61.7 cm³/mol. The van der Waals surface area contributed by atoms with Crippen LogP contribution >= 0.6 is 0 Å². The van der Waals surface area contributed by atoms with Gasteiger partial charge in [-0.25, -0.2) is 0 Å². The standard InChI is InChI=1S/C12H12N2O3/c1-12(2)15-8-4-3-7(5-10(8)16-12)9-6-11(13)14-17-9/h3-6H,1-2H3,(H2,13,14). The van der Waals surface area contributed by atoms with Crippen molar-refractivity contribution in [1.29, 1.82) is 0 Å². The first kappa shape index (κ1) is 10.0. The summed E-state index contributed by atoms with van der Waals surface area (Å²) < 4.78 is 16.3. The molecule has 1 aromatic heterocycles. The first-order chi connectivity index (χ1) is 8.03. The van der Waals surface area contributed by atoms with Crippen LogP contribution in [-0.2, 0) is 0 Å². The summed E-state index contributed by atoms with van der Waals surface area (Å²) in [5, 5.41) is 3.65. The molecule has 0 atom stereocenters. The molecule has 2 N–H and O–H groups in total. The van der Waals surface area contributed by atoms with E-state index in [0.29, 0.717) is 17.3 Å². The maximum Gasteiger partial charge on any atom is 0.246 e. The first-order valence-electron chi connectivity index (χ1n) is 5.28. The van der Waals surface area contributed by atoms with Crippen LogP contribution in [0.1, 0.15) is 13.8 Å². The molecule has 0 unspecified atom stereocenters. The number of nitrogen functional groups attached to an aromatic ring is 1. The molecule has 1 aliphatic rings. The maximum atomic E-state index is 5.65. The third kappa shape index (κ3) is 1.69.